The second kappa shape index (κ2) is 8.10. The van der Waals surface area contributed by atoms with Crippen molar-refractivity contribution in [1.29, 1.82) is 0 Å². The number of nitrogens with zero attached hydrogens (tertiary/aromatic N) is 2. The number of sulfonamides is 1. The third-order valence-electron chi connectivity index (χ3n) is 4.80. The Morgan fingerprint density at radius 2 is 1.70 bits per heavy atom. The van der Waals surface area contributed by atoms with Gasteiger partial charge in [0.2, 0.25) is 10.0 Å². The number of methoxy groups -OCH3 is 1. The standard InChI is InChI=1S/C20H24N2O4S/c1-21(16-9-5-3-6-10-16)20(23)18-15-17(11-12-19(18)26-2)27(24,25)22-13-7-4-8-14-22/h3,5-6,9-12,15H,4,7-8,13-14H2,1-2H3. The molecule has 0 saturated carbocycles. The van der Waals surface area contributed by atoms with E-state index in [9.17, 15) is 13.2 Å². The maximum absolute atomic E-state index is 13.0. The molecule has 7 heteroatoms. The average molecular weight is 388 g/mol. The molecule has 144 valence electrons. The Hall–Kier alpha value is -2.38. The summed E-state index contributed by atoms with van der Waals surface area (Å²) in [5, 5.41) is 0. The Kier molecular flexibility index (Phi) is 5.82. The summed E-state index contributed by atoms with van der Waals surface area (Å²) in [7, 11) is -0.505. The number of benzene rings is 2. The van der Waals surface area contributed by atoms with Gasteiger partial charge in [-0.15, -0.1) is 0 Å². The lowest BCUT2D eigenvalue weighted by molar-refractivity contribution is 0.0990. The largest absolute Gasteiger partial charge is 0.496 e. The van der Waals surface area contributed by atoms with Crippen LogP contribution in [0.4, 0.5) is 5.69 Å². The van der Waals surface area contributed by atoms with Crippen molar-refractivity contribution in [2.45, 2.75) is 24.2 Å². The molecule has 0 atom stereocenters. The Morgan fingerprint density at radius 1 is 1.04 bits per heavy atom. The van der Waals surface area contributed by atoms with E-state index in [1.165, 1.54) is 28.4 Å². The molecule has 0 aromatic heterocycles. The van der Waals surface area contributed by atoms with E-state index in [1.54, 1.807) is 13.1 Å². The maximum atomic E-state index is 13.0. The number of piperidine rings is 1. The molecular weight excluding hydrogens is 364 g/mol. The number of ether oxygens (including phenoxy) is 1. The van der Waals surface area contributed by atoms with Crippen molar-refractivity contribution < 1.29 is 17.9 Å². The van der Waals surface area contributed by atoms with Gasteiger partial charge in [0.1, 0.15) is 5.75 Å². The highest BCUT2D eigenvalue weighted by Crippen LogP contribution is 2.28. The van der Waals surface area contributed by atoms with E-state index in [4.69, 9.17) is 4.74 Å². The first-order valence-electron chi connectivity index (χ1n) is 8.96. The molecule has 2 aromatic rings. The smallest absolute Gasteiger partial charge is 0.261 e. The predicted molar refractivity (Wildman–Crippen MR) is 105 cm³/mol. The van der Waals surface area contributed by atoms with E-state index < -0.39 is 10.0 Å². The van der Waals surface area contributed by atoms with Crippen LogP contribution in [0.5, 0.6) is 5.75 Å². The molecule has 6 nitrogen and oxygen atoms in total. The molecule has 27 heavy (non-hydrogen) atoms. The zero-order chi connectivity index (χ0) is 19.4. The van der Waals surface area contributed by atoms with Crippen LogP contribution in [0.15, 0.2) is 53.4 Å². The Labute approximate surface area is 160 Å². The number of carbonyl (C=O) groups is 1. The minimum atomic E-state index is -3.63. The minimum Gasteiger partial charge on any atom is -0.496 e. The highest BCUT2D eigenvalue weighted by Gasteiger charge is 2.28. The number of hydrogen-bond donors (Lipinski definition) is 0. The van der Waals surface area contributed by atoms with E-state index in [0.29, 0.717) is 24.5 Å². The van der Waals surface area contributed by atoms with E-state index in [1.807, 2.05) is 30.3 Å². The summed E-state index contributed by atoms with van der Waals surface area (Å²) >= 11 is 0. The zero-order valence-corrected chi connectivity index (χ0v) is 16.4. The number of amides is 1. The molecular formula is C20H24N2O4S. The highest BCUT2D eigenvalue weighted by molar-refractivity contribution is 7.89. The van der Waals surface area contributed by atoms with Crippen molar-refractivity contribution in [2.24, 2.45) is 0 Å². The SMILES string of the molecule is COc1ccc(S(=O)(=O)N2CCCCC2)cc1C(=O)N(C)c1ccccc1. The number of para-hydroxylation sites is 1. The summed E-state index contributed by atoms with van der Waals surface area (Å²) < 4.78 is 32.7. The van der Waals surface area contributed by atoms with Crippen molar-refractivity contribution in [3.05, 3.63) is 54.1 Å². The second-order valence-electron chi connectivity index (χ2n) is 6.53. The molecule has 1 aliphatic rings. The molecule has 0 N–H and O–H groups in total. The molecule has 0 bridgehead atoms. The van der Waals surface area contributed by atoms with Gasteiger partial charge in [-0.25, -0.2) is 8.42 Å². The van der Waals surface area contributed by atoms with Gasteiger partial charge in [-0.3, -0.25) is 4.79 Å². The van der Waals surface area contributed by atoms with Gasteiger partial charge in [0.05, 0.1) is 17.6 Å². The van der Waals surface area contributed by atoms with Crippen molar-refractivity contribution in [3.63, 3.8) is 0 Å². The van der Waals surface area contributed by atoms with Crippen LogP contribution in [-0.2, 0) is 10.0 Å². The van der Waals surface area contributed by atoms with Gasteiger partial charge in [0.25, 0.3) is 5.91 Å². The van der Waals surface area contributed by atoms with Gasteiger partial charge in [-0.1, -0.05) is 24.6 Å². The molecule has 0 unspecified atom stereocenters. The summed E-state index contributed by atoms with van der Waals surface area (Å²) in [4.78, 5) is 14.6. The molecule has 2 aromatic carbocycles. The van der Waals surface area contributed by atoms with Crippen LogP contribution in [0.1, 0.15) is 29.6 Å². The van der Waals surface area contributed by atoms with Crippen LogP contribution in [0, 0.1) is 0 Å². The second-order valence-corrected chi connectivity index (χ2v) is 8.46. The number of anilines is 1. The molecule has 0 spiro atoms. The molecule has 1 saturated heterocycles. The van der Waals surface area contributed by atoms with Crippen molar-refractivity contribution >= 4 is 21.6 Å². The molecule has 3 rings (SSSR count). The Bertz CT molecular complexity index is 907. The summed E-state index contributed by atoms with van der Waals surface area (Å²) in [5.41, 5.74) is 0.941. The lowest BCUT2D eigenvalue weighted by atomic mass is 10.1. The van der Waals surface area contributed by atoms with Gasteiger partial charge in [0, 0.05) is 25.8 Å². The number of rotatable bonds is 5. The predicted octanol–water partition coefficient (Wildman–Crippen LogP) is 3.15. The van der Waals surface area contributed by atoms with Gasteiger partial charge in [0.15, 0.2) is 0 Å². The van der Waals surface area contributed by atoms with Crippen LogP contribution in [0.3, 0.4) is 0 Å². The van der Waals surface area contributed by atoms with Crippen molar-refractivity contribution in [3.8, 4) is 5.75 Å². The van der Waals surface area contributed by atoms with Crippen LogP contribution < -0.4 is 9.64 Å². The topological polar surface area (TPSA) is 66.9 Å². The Morgan fingerprint density at radius 3 is 2.33 bits per heavy atom. The van der Waals surface area contributed by atoms with E-state index >= 15 is 0 Å². The first-order chi connectivity index (χ1) is 12.9. The van der Waals surface area contributed by atoms with Crippen LogP contribution >= 0.6 is 0 Å². The zero-order valence-electron chi connectivity index (χ0n) is 15.6. The first-order valence-corrected chi connectivity index (χ1v) is 10.4. The molecule has 0 radical (unpaired) electrons. The quantitative estimate of drug-likeness (QED) is 0.789. The molecule has 0 aliphatic carbocycles. The third-order valence-corrected chi connectivity index (χ3v) is 6.70. The van der Waals surface area contributed by atoms with Crippen molar-refractivity contribution in [2.75, 3.05) is 32.1 Å². The molecule has 1 heterocycles. The fraction of sp³-hybridized carbons (Fsp3) is 0.350. The number of hydrogen-bond acceptors (Lipinski definition) is 4. The lowest BCUT2D eigenvalue weighted by Gasteiger charge is -2.26. The fourth-order valence-corrected chi connectivity index (χ4v) is 4.76. The summed E-state index contributed by atoms with van der Waals surface area (Å²) in [6.07, 6.45) is 2.76. The normalized spacial score (nSPS) is 15.3. The molecule has 1 aliphatic heterocycles. The first kappa shape index (κ1) is 19.4. The molecule has 1 fully saturated rings. The van der Waals surface area contributed by atoms with Gasteiger partial charge >= 0.3 is 0 Å². The van der Waals surface area contributed by atoms with Crippen LogP contribution in [-0.4, -0.2) is 45.9 Å². The van der Waals surface area contributed by atoms with Gasteiger partial charge in [-0.05, 0) is 43.2 Å². The number of carbonyl (C=O) groups excluding carboxylic acids is 1. The summed E-state index contributed by atoms with van der Waals surface area (Å²) in [6, 6.07) is 13.7. The van der Waals surface area contributed by atoms with Gasteiger partial charge in [-0.2, -0.15) is 4.31 Å². The maximum Gasteiger partial charge on any atom is 0.261 e. The average Bonchev–Trinajstić information content (AvgIpc) is 2.73. The lowest BCUT2D eigenvalue weighted by Crippen LogP contribution is -2.35. The third kappa shape index (κ3) is 3.99. The van der Waals surface area contributed by atoms with E-state index in [2.05, 4.69) is 0 Å². The monoisotopic (exact) mass is 388 g/mol. The molecule has 1 amide bonds. The fourth-order valence-electron chi connectivity index (χ4n) is 3.22. The van der Waals surface area contributed by atoms with Gasteiger partial charge < -0.3 is 9.64 Å². The van der Waals surface area contributed by atoms with Crippen LogP contribution in [0.25, 0.3) is 0 Å². The summed E-state index contributed by atoms with van der Waals surface area (Å²) in [6.45, 7) is 1.03. The van der Waals surface area contributed by atoms with E-state index in [-0.39, 0.29) is 16.4 Å². The highest BCUT2D eigenvalue weighted by atomic mass is 32.2. The Balaban J connectivity index is 1.97. The van der Waals surface area contributed by atoms with E-state index in [0.717, 1.165) is 19.3 Å². The van der Waals surface area contributed by atoms with Crippen molar-refractivity contribution in [1.82, 2.24) is 4.31 Å². The minimum absolute atomic E-state index is 0.120. The van der Waals surface area contributed by atoms with Crippen LogP contribution in [0.2, 0.25) is 0 Å². The summed E-state index contributed by atoms with van der Waals surface area (Å²) in [5.74, 6) is 0.0223.